The molecule has 1 aliphatic rings. The van der Waals surface area contributed by atoms with Crippen molar-refractivity contribution in [1.29, 1.82) is 0 Å². The smallest absolute Gasteiger partial charge is 0.362 e. The molecule has 1 amide bonds. The van der Waals surface area contributed by atoms with Crippen molar-refractivity contribution < 1.29 is 22.9 Å². The van der Waals surface area contributed by atoms with Crippen LogP contribution in [0.1, 0.15) is 11.1 Å². The number of fused-ring (bicyclic) bond motifs is 1. The Morgan fingerprint density at radius 1 is 1.06 bits per heavy atom. The van der Waals surface area contributed by atoms with E-state index in [9.17, 15) is 28.1 Å². The highest BCUT2D eigenvalue weighted by molar-refractivity contribution is 5.95. The van der Waals surface area contributed by atoms with E-state index < -0.39 is 22.4 Å². The first-order valence-corrected chi connectivity index (χ1v) is 10.2. The Kier molecular flexibility index (Phi) is 5.99. The van der Waals surface area contributed by atoms with E-state index in [1.165, 1.54) is 6.08 Å². The maximum absolute atomic E-state index is 12.9. The number of anilines is 1. The van der Waals surface area contributed by atoms with Crippen LogP contribution >= 0.6 is 0 Å². The van der Waals surface area contributed by atoms with Gasteiger partial charge in [0.25, 0.3) is 5.69 Å². The maximum Gasteiger partial charge on any atom is 0.416 e. The SMILES string of the molecule is O=C(/C=C/c1cccc2cccnc12)N1CCN(c2ccc(C(F)(F)F)cc2[N+](=O)[O-])CC1. The molecule has 0 saturated carbocycles. The highest BCUT2D eigenvalue weighted by atomic mass is 19.4. The number of alkyl halides is 3. The molecule has 0 N–H and O–H groups in total. The van der Waals surface area contributed by atoms with Crippen molar-refractivity contribution in [1.82, 2.24) is 9.88 Å². The van der Waals surface area contributed by atoms with Gasteiger partial charge < -0.3 is 9.80 Å². The Labute approximate surface area is 186 Å². The first-order valence-electron chi connectivity index (χ1n) is 10.2. The highest BCUT2D eigenvalue weighted by Crippen LogP contribution is 2.36. The van der Waals surface area contributed by atoms with Gasteiger partial charge in [0.15, 0.2) is 0 Å². The van der Waals surface area contributed by atoms with Crippen LogP contribution in [-0.4, -0.2) is 46.9 Å². The van der Waals surface area contributed by atoms with E-state index >= 15 is 0 Å². The fourth-order valence-corrected chi connectivity index (χ4v) is 3.81. The molecule has 0 atom stereocenters. The lowest BCUT2D eigenvalue weighted by atomic mass is 10.1. The topological polar surface area (TPSA) is 79.6 Å². The molecule has 1 fully saturated rings. The van der Waals surface area contributed by atoms with E-state index in [4.69, 9.17) is 0 Å². The summed E-state index contributed by atoms with van der Waals surface area (Å²) in [4.78, 5) is 30.8. The zero-order chi connectivity index (χ0) is 23.6. The van der Waals surface area contributed by atoms with Crippen LogP contribution in [0.2, 0.25) is 0 Å². The minimum atomic E-state index is -4.67. The van der Waals surface area contributed by atoms with E-state index in [-0.39, 0.29) is 37.8 Å². The monoisotopic (exact) mass is 456 g/mol. The van der Waals surface area contributed by atoms with Crippen LogP contribution in [0.3, 0.4) is 0 Å². The molecule has 10 heteroatoms. The van der Waals surface area contributed by atoms with Crippen LogP contribution in [0.5, 0.6) is 0 Å². The Hall–Kier alpha value is -3.95. The van der Waals surface area contributed by atoms with Crippen molar-refractivity contribution in [2.24, 2.45) is 0 Å². The largest absolute Gasteiger partial charge is 0.416 e. The number of pyridine rings is 1. The van der Waals surface area contributed by atoms with E-state index in [0.717, 1.165) is 28.6 Å². The first kappa shape index (κ1) is 22.3. The van der Waals surface area contributed by atoms with Gasteiger partial charge in [-0.1, -0.05) is 24.3 Å². The number of nitro benzene ring substituents is 1. The van der Waals surface area contributed by atoms with Crippen LogP contribution < -0.4 is 4.90 Å². The van der Waals surface area contributed by atoms with Gasteiger partial charge >= 0.3 is 6.18 Å². The third-order valence-corrected chi connectivity index (χ3v) is 5.50. The lowest BCUT2D eigenvalue weighted by Crippen LogP contribution is -2.48. The van der Waals surface area contributed by atoms with E-state index in [0.29, 0.717) is 6.07 Å². The van der Waals surface area contributed by atoms with Gasteiger partial charge in [0.1, 0.15) is 5.69 Å². The number of carbonyl (C=O) groups is 1. The molecule has 3 aromatic rings. The van der Waals surface area contributed by atoms with Gasteiger partial charge in [0.2, 0.25) is 5.91 Å². The number of hydrogen-bond donors (Lipinski definition) is 0. The quantitative estimate of drug-likeness (QED) is 0.328. The summed E-state index contributed by atoms with van der Waals surface area (Å²) in [6, 6.07) is 11.9. The van der Waals surface area contributed by atoms with Gasteiger partial charge in [-0.2, -0.15) is 13.2 Å². The van der Waals surface area contributed by atoms with Crippen LogP contribution in [0.25, 0.3) is 17.0 Å². The molecule has 0 bridgehead atoms. The summed E-state index contributed by atoms with van der Waals surface area (Å²) in [5, 5.41) is 12.3. The molecule has 2 aromatic carbocycles. The van der Waals surface area contributed by atoms with Crippen LogP contribution in [0.4, 0.5) is 24.5 Å². The standard InChI is InChI=1S/C23H19F3N4O3/c24-23(25,26)18-7-8-19(20(15-18)30(32)33)28-11-13-29(14-12-28)21(31)9-6-17-4-1-3-16-5-2-10-27-22(16)17/h1-10,15H,11-14H2/b9-6+. The van der Waals surface area contributed by atoms with E-state index in [2.05, 4.69) is 4.98 Å². The van der Waals surface area contributed by atoms with Crippen LogP contribution in [0, 0.1) is 10.1 Å². The molecule has 1 saturated heterocycles. The fourth-order valence-electron chi connectivity index (χ4n) is 3.81. The number of benzene rings is 2. The molecule has 0 radical (unpaired) electrons. The number of para-hydroxylation sites is 1. The zero-order valence-electron chi connectivity index (χ0n) is 17.3. The van der Waals surface area contributed by atoms with Gasteiger partial charge in [-0.15, -0.1) is 0 Å². The molecular formula is C23H19F3N4O3. The average molecular weight is 456 g/mol. The third kappa shape index (κ3) is 4.79. The van der Waals surface area contributed by atoms with Crippen molar-refractivity contribution in [2.45, 2.75) is 6.18 Å². The molecule has 4 rings (SSSR count). The van der Waals surface area contributed by atoms with Crippen molar-refractivity contribution in [3.63, 3.8) is 0 Å². The van der Waals surface area contributed by atoms with Gasteiger partial charge in [-0.05, 0) is 24.3 Å². The maximum atomic E-state index is 12.9. The number of hydrogen-bond acceptors (Lipinski definition) is 5. The third-order valence-electron chi connectivity index (χ3n) is 5.50. The fraction of sp³-hybridized carbons (Fsp3) is 0.217. The number of aromatic nitrogens is 1. The van der Waals surface area contributed by atoms with Crippen LogP contribution in [-0.2, 0) is 11.0 Å². The Bertz CT molecular complexity index is 1230. The molecule has 0 aliphatic carbocycles. The number of nitro groups is 1. The molecule has 1 aromatic heterocycles. The predicted octanol–water partition coefficient (Wildman–Crippen LogP) is 4.52. The van der Waals surface area contributed by atoms with Crippen molar-refractivity contribution in [3.8, 4) is 0 Å². The lowest BCUT2D eigenvalue weighted by Gasteiger charge is -2.35. The summed E-state index contributed by atoms with van der Waals surface area (Å²) in [5.74, 6) is -0.218. The summed E-state index contributed by atoms with van der Waals surface area (Å²) in [6.45, 7) is 1.10. The second-order valence-corrected chi connectivity index (χ2v) is 7.53. The van der Waals surface area contributed by atoms with Gasteiger partial charge in [-0.3, -0.25) is 19.9 Å². The summed E-state index contributed by atoms with van der Waals surface area (Å²) < 4.78 is 38.8. The van der Waals surface area contributed by atoms with Crippen molar-refractivity contribution >= 4 is 34.3 Å². The zero-order valence-corrected chi connectivity index (χ0v) is 17.3. The van der Waals surface area contributed by atoms with E-state index in [1.807, 2.05) is 30.3 Å². The molecule has 0 spiro atoms. The Morgan fingerprint density at radius 3 is 2.48 bits per heavy atom. The number of nitrogens with zero attached hydrogens (tertiary/aromatic N) is 4. The number of amides is 1. The molecule has 7 nitrogen and oxygen atoms in total. The molecule has 170 valence electrons. The molecular weight excluding hydrogens is 437 g/mol. The first-order chi connectivity index (χ1) is 15.7. The Balaban J connectivity index is 1.45. The summed E-state index contributed by atoms with van der Waals surface area (Å²) in [7, 11) is 0. The minimum absolute atomic E-state index is 0.109. The number of carbonyl (C=O) groups excluding carboxylic acids is 1. The van der Waals surface area contributed by atoms with Crippen molar-refractivity contribution in [2.75, 3.05) is 31.1 Å². The highest BCUT2D eigenvalue weighted by Gasteiger charge is 2.34. The number of halogens is 3. The van der Waals surface area contributed by atoms with E-state index in [1.54, 1.807) is 22.1 Å². The van der Waals surface area contributed by atoms with Gasteiger partial charge in [0, 0.05) is 55.5 Å². The summed E-state index contributed by atoms with van der Waals surface area (Å²) in [6.07, 6.45) is 0.173. The minimum Gasteiger partial charge on any atom is -0.362 e. The average Bonchev–Trinajstić information content (AvgIpc) is 2.81. The molecule has 2 heterocycles. The normalized spacial score (nSPS) is 14.8. The predicted molar refractivity (Wildman–Crippen MR) is 118 cm³/mol. The van der Waals surface area contributed by atoms with Gasteiger partial charge in [0.05, 0.1) is 16.0 Å². The number of rotatable bonds is 4. The second kappa shape index (κ2) is 8.89. The summed E-state index contributed by atoms with van der Waals surface area (Å²) in [5.41, 5.74) is 0.0224. The molecule has 0 unspecified atom stereocenters. The van der Waals surface area contributed by atoms with Crippen LogP contribution in [0.15, 0.2) is 60.8 Å². The molecule has 33 heavy (non-hydrogen) atoms. The van der Waals surface area contributed by atoms with Gasteiger partial charge in [-0.25, -0.2) is 0 Å². The summed E-state index contributed by atoms with van der Waals surface area (Å²) >= 11 is 0. The van der Waals surface area contributed by atoms with Crippen molar-refractivity contribution in [3.05, 3.63) is 82.0 Å². The second-order valence-electron chi connectivity index (χ2n) is 7.53. The Morgan fingerprint density at radius 2 is 1.79 bits per heavy atom. The molecule has 1 aliphatic heterocycles. The lowest BCUT2D eigenvalue weighted by molar-refractivity contribution is -0.384. The number of piperazine rings is 1.